The number of nitrogens with zero attached hydrogens (tertiary/aromatic N) is 1. The third kappa shape index (κ3) is 4.08. The number of hydrogen-bond acceptors (Lipinski definition) is 4. The summed E-state index contributed by atoms with van der Waals surface area (Å²) in [7, 11) is -0.766. The Morgan fingerprint density at radius 1 is 1.17 bits per heavy atom. The molecule has 0 radical (unpaired) electrons. The Balaban J connectivity index is 2.39. The van der Waals surface area contributed by atoms with E-state index in [0.717, 1.165) is 4.31 Å². The molecule has 0 aromatic heterocycles. The van der Waals surface area contributed by atoms with Crippen LogP contribution in [-0.4, -0.2) is 32.8 Å². The molecule has 0 saturated carbocycles. The van der Waals surface area contributed by atoms with Crippen molar-refractivity contribution < 1.29 is 17.9 Å². The topological polar surface area (TPSA) is 63.7 Å². The van der Waals surface area contributed by atoms with E-state index >= 15 is 0 Å². The molecule has 0 N–H and O–H groups in total. The van der Waals surface area contributed by atoms with E-state index in [-0.39, 0.29) is 10.5 Å². The average Bonchev–Trinajstić information content (AvgIpc) is 2.50. The molecule has 0 unspecified atom stereocenters. The van der Waals surface area contributed by atoms with Crippen molar-refractivity contribution in [1.29, 1.82) is 0 Å². The highest BCUT2D eigenvalue weighted by Crippen LogP contribution is 2.25. The van der Waals surface area contributed by atoms with E-state index in [1.54, 1.807) is 31.2 Å². The Labute approximate surface area is 159 Å². The highest BCUT2D eigenvalue weighted by molar-refractivity contribution is 14.1. The van der Waals surface area contributed by atoms with Gasteiger partial charge in [-0.3, -0.25) is 0 Å². The normalized spacial score (nSPS) is 11.6. The third-order valence-corrected chi connectivity index (χ3v) is 6.26. The molecule has 0 aliphatic carbocycles. The van der Waals surface area contributed by atoms with Crippen LogP contribution in [0, 0.1) is 10.5 Å². The van der Waals surface area contributed by atoms with E-state index in [9.17, 15) is 13.2 Å². The minimum absolute atomic E-state index is 0.0349. The average molecular weight is 480 g/mol. The van der Waals surface area contributed by atoms with E-state index in [0.29, 0.717) is 19.9 Å². The smallest absolute Gasteiger partial charge is 0.344 e. The summed E-state index contributed by atoms with van der Waals surface area (Å²) < 4.78 is 31.5. The van der Waals surface area contributed by atoms with Crippen molar-refractivity contribution in [2.24, 2.45) is 0 Å². The van der Waals surface area contributed by atoms with Crippen LogP contribution >= 0.6 is 34.2 Å². The van der Waals surface area contributed by atoms with Crippen molar-refractivity contribution in [1.82, 2.24) is 4.31 Å². The zero-order valence-electron chi connectivity index (χ0n) is 13.2. The number of carbonyl (C=O) groups is 1. The Kier molecular flexibility index (Phi) is 5.90. The third-order valence-electron chi connectivity index (χ3n) is 3.28. The van der Waals surface area contributed by atoms with Crippen LogP contribution in [0.15, 0.2) is 41.3 Å². The van der Waals surface area contributed by atoms with Gasteiger partial charge in [-0.25, -0.2) is 17.5 Å². The lowest BCUT2D eigenvalue weighted by Gasteiger charge is -2.13. The van der Waals surface area contributed by atoms with Crippen LogP contribution in [0.25, 0.3) is 0 Å². The summed E-state index contributed by atoms with van der Waals surface area (Å²) in [5.74, 6) is -0.248. The van der Waals surface area contributed by atoms with Crippen LogP contribution in [0.2, 0.25) is 5.02 Å². The molecule has 0 amide bonds. The van der Waals surface area contributed by atoms with Gasteiger partial charge in [-0.2, -0.15) is 0 Å². The molecule has 0 aliphatic rings. The lowest BCUT2D eigenvalue weighted by molar-refractivity contribution is 0.0732. The molecule has 2 aromatic carbocycles. The molecule has 24 heavy (non-hydrogen) atoms. The van der Waals surface area contributed by atoms with Gasteiger partial charge in [0.05, 0.1) is 10.5 Å². The fourth-order valence-corrected chi connectivity index (χ4v) is 3.63. The first-order chi connectivity index (χ1) is 11.1. The number of ether oxygens (including phenoxy) is 1. The van der Waals surface area contributed by atoms with Crippen LogP contribution in [0.4, 0.5) is 0 Å². The Morgan fingerprint density at radius 2 is 1.83 bits per heavy atom. The van der Waals surface area contributed by atoms with Gasteiger partial charge in [0.15, 0.2) is 0 Å². The highest BCUT2D eigenvalue weighted by Gasteiger charge is 2.21. The van der Waals surface area contributed by atoms with Crippen LogP contribution in [0.5, 0.6) is 5.75 Å². The van der Waals surface area contributed by atoms with Crippen molar-refractivity contribution >= 4 is 50.2 Å². The summed E-state index contributed by atoms with van der Waals surface area (Å²) in [6, 6.07) is 9.26. The molecule has 5 nitrogen and oxygen atoms in total. The fourth-order valence-electron chi connectivity index (χ4n) is 1.91. The van der Waals surface area contributed by atoms with Crippen molar-refractivity contribution in [3.8, 4) is 5.75 Å². The maximum absolute atomic E-state index is 12.5. The zero-order valence-corrected chi connectivity index (χ0v) is 16.9. The Morgan fingerprint density at radius 3 is 2.42 bits per heavy atom. The summed E-state index contributed by atoms with van der Waals surface area (Å²) in [5.41, 5.74) is 0.899. The molecule has 2 aromatic rings. The quantitative estimate of drug-likeness (QED) is 0.381. The first kappa shape index (κ1) is 19.2. The van der Waals surface area contributed by atoms with E-state index in [2.05, 4.69) is 0 Å². The van der Waals surface area contributed by atoms with Crippen molar-refractivity contribution in [2.75, 3.05) is 14.1 Å². The van der Waals surface area contributed by atoms with Gasteiger partial charge in [0.25, 0.3) is 0 Å². The van der Waals surface area contributed by atoms with Crippen molar-refractivity contribution in [3.05, 3.63) is 56.1 Å². The maximum Gasteiger partial charge on any atom is 0.344 e. The molecular weight excluding hydrogens is 465 g/mol. The minimum Gasteiger partial charge on any atom is -0.423 e. The number of hydrogen-bond donors (Lipinski definition) is 0. The van der Waals surface area contributed by atoms with Gasteiger partial charge in [-0.1, -0.05) is 11.6 Å². The van der Waals surface area contributed by atoms with Gasteiger partial charge in [-0.05, 0) is 71.5 Å². The zero-order chi connectivity index (χ0) is 18.1. The lowest BCUT2D eigenvalue weighted by Crippen LogP contribution is -2.23. The largest absolute Gasteiger partial charge is 0.423 e. The van der Waals surface area contributed by atoms with Gasteiger partial charge in [-0.15, -0.1) is 0 Å². The number of carbonyl (C=O) groups excluding carboxylic acids is 1. The molecule has 0 fully saturated rings. The van der Waals surface area contributed by atoms with Gasteiger partial charge < -0.3 is 4.74 Å². The number of sulfonamides is 1. The molecule has 2 rings (SSSR count). The number of aryl methyl sites for hydroxylation is 1. The molecule has 0 saturated heterocycles. The number of halogens is 2. The Bertz CT molecular complexity index is 897. The summed E-state index contributed by atoms with van der Waals surface area (Å²) in [5, 5.41) is 0.543. The van der Waals surface area contributed by atoms with Crippen LogP contribution < -0.4 is 4.74 Å². The predicted octanol–water partition coefficient (Wildman–Crippen LogP) is 3.72. The van der Waals surface area contributed by atoms with E-state index in [1.807, 2.05) is 22.6 Å². The summed E-state index contributed by atoms with van der Waals surface area (Å²) in [6.07, 6.45) is 0. The fraction of sp³-hybridized carbons (Fsp3) is 0.188. The number of esters is 1. The number of benzene rings is 2. The van der Waals surface area contributed by atoms with Crippen LogP contribution in [0.1, 0.15) is 15.9 Å². The summed E-state index contributed by atoms with van der Waals surface area (Å²) in [4.78, 5) is 12.5. The van der Waals surface area contributed by atoms with E-state index in [4.69, 9.17) is 16.3 Å². The molecule has 0 heterocycles. The second-order valence-electron chi connectivity index (χ2n) is 5.23. The second-order valence-corrected chi connectivity index (χ2v) is 8.98. The van der Waals surface area contributed by atoms with Crippen molar-refractivity contribution in [2.45, 2.75) is 11.8 Å². The molecule has 0 bridgehead atoms. The molecule has 8 heteroatoms. The van der Waals surface area contributed by atoms with E-state index < -0.39 is 16.0 Å². The van der Waals surface area contributed by atoms with Gasteiger partial charge in [0, 0.05) is 22.7 Å². The lowest BCUT2D eigenvalue weighted by atomic mass is 10.2. The molecular formula is C16H15ClINO4S. The molecule has 0 aliphatic heterocycles. The Hall–Kier alpha value is -1.16. The van der Waals surface area contributed by atoms with Crippen LogP contribution in [-0.2, 0) is 10.0 Å². The number of rotatable bonds is 4. The molecule has 128 valence electrons. The first-order valence-electron chi connectivity index (χ1n) is 6.83. The minimum atomic E-state index is -3.63. The van der Waals surface area contributed by atoms with Gasteiger partial charge >= 0.3 is 5.97 Å². The van der Waals surface area contributed by atoms with Gasteiger partial charge in [0.2, 0.25) is 10.0 Å². The molecule has 0 spiro atoms. The van der Waals surface area contributed by atoms with Crippen molar-refractivity contribution in [3.63, 3.8) is 0 Å². The first-order valence-corrected chi connectivity index (χ1v) is 9.73. The summed E-state index contributed by atoms with van der Waals surface area (Å²) in [6.45, 7) is 1.77. The second kappa shape index (κ2) is 7.38. The van der Waals surface area contributed by atoms with E-state index in [1.165, 1.54) is 26.2 Å². The highest BCUT2D eigenvalue weighted by atomic mass is 127. The predicted molar refractivity (Wildman–Crippen MR) is 101 cm³/mol. The monoisotopic (exact) mass is 479 g/mol. The standard InChI is InChI=1S/C16H15ClINO4S/c1-10-8-11(17)4-7-15(10)23-16(20)13-9-12(5-6-14(13)18)24(21,22)19(2)3/h4-9H,1-3H3. The summed E-state index contributed by atoms with van der Waals surface area (Å²) >= 11 is 7.85. The van der Waals surface area contributed by atoms with Gasteiger partial charge in [0.1, 0.15) is 5.75 Å². The SMILES string of the molecule is Cc1cc(Cl)ccc1OC(=O)c1cc(S(=O)(=O)N(C)C)ccc1I. The van der Waals surface area contributed by atoms with Crippen LogP contribution in [0.3, 0.4) is 0 Å². The maximum atomic E-state index is 12.5. The molecule has 0 atom stereocenters.